The molecule has 6 nitrogen and oxygen atoms in total. The molecule has 0 aromatic carbocycles. The fourth-order valence-corrected chi connectivity index (χ4v) is 4.37. The number of aromatic amines is 1. The molecule has 1 aliphatic heterocycles. The Morgan fingerprint density at radius 1 is 1.28 bits per heavy atom. The van der Waals surface area contributed by atoms with Crippen LogP contribution in [-0.2, 0) is 4.79 Å². The monoisotopic (exact) mass is 343 g/mol. The zero-order chi connectivity index (χ0) is 17.4. The highest BCUT2D eigenvalue weighted by molar-refractivity contribution is 5.92. The highest BCUT2D eigenvalue weighted by Crippen LogP contribution is 2.59. The first kappa shape index (κ1) is 16.4. The molecule has 2 N–H and O–H groups in total. The van der Waals surface area contributed by atoms with Gasteiger partial charge in [0.05, 0.1) is 0 Å². The molecule has 2 heterocycles. The van der Waals surface area contributed by atoms with Gasteiger partial charge in [-0.3, -0.25) is 14.4 Å². The molecule has 2 atom stereocenters. The lowest BCUT2D eigenvalue weighted by molar-refractivity contribution is -0.125. The fraction of sp³-hybridized carbons (Fsp3) is 0.632. The maximum atomic E-state index is 12.4. The van der Waals surface area contributed by atoms with Gasteiger partial charge in [-0.05, 0) is 49.9 Å². The Morgan fingerprint density at radius 2 is 2.12 bits per heavy atom. The summed E-state index contributed by atoms with van der Waals surface area (Å²) in [6.45, 7) is 1.94. The minimum atomic E-state index is -0.171. The molecule has 134 valence electrons. The number of hydrogen-bond acceptors (Lipinski definition) is 3. The van der Waals surface area contributed by atoms with Gasteiger partial charge in [0.15, 0.2) is 5.43 Å². The Morgan fingerprint density at radius 3 is 2.84 bits per heavy atom. The van der Waals surface area contributed by atoms with Crippen molar-refractivity contribution in [2.75, 3.05) is 19.6 Å². The van der Waals surface area contributed by atoms with Gasteiger partial charge in [0.1, 0.15) is 5.69 Å². The van der Waals surface area contributed by atoms with Crippen LogP contribution < -0.4 is 10.7 Å². The number of amides is 2. The molecule has 4 rings (SSSR count). The van der Waals surface area contributed by atoms with Crippen molar-refractivity contribution in [2.24, 2.45) is 17.3 Å². The number of carbonyl (C=O) groups is 2. The van der Waals surface area contributed by atoms with Crippen molar-refractivity contribution in [2.45, 2.75) is 38.5 Å². The molecule has 1 aromatic rings. The molecule has 2 amide bonds. The van der Waals surface area contributed by atoms with E-state index in [1.54, 1.807) is 4.90 Å². The van der Waals surface area contributed by atoms with Crippen molar-refractivity contribution in [1.29, 1.82) is 0 Å². The van der Waals surface area contributed by atoms with Crippen molar-refractivity contribution in [1.82, 2.24) is 15.2 Å². The third-order valence-corrected chi connectivity index (χ3v) is 6.17. The van der Waals surface area contributed by atoms with Gasteiger partial charge in [-0.25, -0.2) is 0 Å². The number of carbonyl (C=O) groups excluding carboxylic acids is 2. The Labute approximate surface area is 147 Å². The van der Waals surface area contributed by atoms with E-state index >= 15 is 0 Å². The molecule has 6 heteroatoms. The number of nitrogens with one attached hydrogen (secondary N) is 2. The van der Waals surface area contributed by atoms with Crippen molar-refractivity contribution in [3.05, 3.63) is 34.2 Å². The zero-order valence-electron chi connectivity index (χ0n) is 14.4. The predicted molar refractivity (Wildman–Crippen MR) is 93.1 cm³/mol. The first-order valence-corrected chi connectivity index (χ1v) is 9.30. The van der Waals surface area contributed by atoms with Crippen molar-refractivity contribution < 1.29 is 9.59 Å². The van der Waals surface area contributed by atoms with E-state index in [-0.39, 0.29) is 23.2 Å². The summed E-state index contributed by atoms with van der Waals surface area (Å²) in [4.78, 5) is 40.8. The van der Waals surface area contributed by atoms with Crippen LogP contribution in [0.4, 0.5) is 0 Å². The minimum Gasteiger partial charge on any atom is -0.357 e. The van der Waals surface area contributed by atoms with Crippen LogP contribution >= 0.6 is 0 Å². The average Bonchev–Trinajstić information content (AvgIpc) is 3.02. The van der Waals surface area contributed by atoms with Gasteiger partial charge >= 0.3 is 0 Å². The number of likely N-dealkylation sites (tertiary alicyclic amines) is 1. The highest BCUT2D eigenvalue weighted by Gasteiger charge is 2.49. The Hall–Kier alpha value is -2.11. The van der Waals surface area contributed by atoms with Gasteiger partial charge in [-0.15, -0.1) is 0 Å². The van der Waals surface area contributed by atoms with Gasteiger partial charge in [0.25, 0.3) is 5.91 Å². The van der Waals surface area contributed by atoms with E-state index < -0.39 is 0 Å². The maximum absolute atomic E-state index is 12.4. The molecule has 3 fully saturated rings. The molecular weight excluding hydrogens is 318 g/mol. The molecule has 1 saturated heterocycles. The van der Waals surface area contributed by atoms with Crippen LogP contribution in [0.1, 0.15) is 49.0 Å². The minimum absolute atomic E-state index is 0.141. The summed E-state index contributed by atoms with van der Waals surface area (Å²) in [6, 6.07) is 2.74. The van der Waals surface area contributed by atoms with Gasteiger partial charge in [-0.1, -0.05) is 0 Å². The maximum Gasteiger partial charge on any atom is 0.270 e. The summed E-state index contributed by atoms with van der Waals surface area (Å²) >= 11 is 0. The molecule has 0 bridgehead atoms. The molecule has 1 unspecified atom stereocenters. The summed E-state index contributed by atoms with van der Waals surface area (Å²) in [5.41, 5.74) is 0.679. The largest absolute Gasteiger partial charge is 0.357 e. The standard InChI is InChI=1S/C19H25N3O3/c23-15-2-7-20-16(9-15)18(25)22-8-3-13(12-22)11-21-17(24)14-1-4-19(10-14)5-6-19/h2,7,9,13-14H,1,3-6,8,10-12H2,(H,20,23)(H,21,24)/t13-,14?/m1/s1. The molecule has 2 aliphatic carbocycles. The van der Waals surface area contributed by atoms with Crippen molar-refractivity contribution in [3.63, 3.8) is 0 Å². The zero-order valence-corrected chi connectivity index (χ0v) is 14.4. The molecule has 3 aliphatic rings. The summed E-state index contributed by atoms with van der Waals surface area (Å²) < 4.78 is 0. The molecule has 0 radical (unpaired) electrons. The van der Waals surface area contributed by atoms with Gasteiger partial charge in [0.2, 0.25) is 5.91 Å². The third kappa shape index (κ3) is 3.48. The quantitative estimate of drug-likeness (QED) is 0.870. The molecule has 2 saturated carbocycles. The van der Waals surface area contributed by atoms with Gasteiger partial charge < -0.3 is 15.2 Å². The average molecular weight is 343 g/mol. The fourth-order valence-electron chi connectivity index (χ4n) is 4.37. The number of nitrogens with zero attached hydrogens (tertiary/aromatic N) is 1. The summed E-state index contributed by atoms with van der Waals surface area (Å²) in [7, 11) is 0. The third-order valence-electron chi connectivity index (χ3n) is 6.17. The number of H-pyrrole nitrogens is 1. The lowest BCUT2D eigenvalue weighted by atomic mass is 10.0. The molecule has 1 aromatic heterocycles. The van der Waals surface area contributed by atoms with Crippen LogP contribution in [0.5, 0.6) is 0 Å². The number of rotatable bonds is 4. The van der Waals surface area contributed by atoms with Crippen molar-refractivity contribution in [3.8, 4) is 0 Å². The number of aromatic nitrogens is 1. The lowest BCUT2D eigenvalue weighted by Crippen LogP contribution is -2.35. The second-order valence-electron chi connectivity index (χ2n) is 8.03. The van der Waals surface area contributed by atoms with E-state index in [0.29, 0.717) is 36.7 Å². The normalized spacial score (nSPS) is 26.8. The summed E-state index contributed by atoms with van der Waals surface area (Å²) in [5.74, 6) is 0.537. The van der Waals surface area contributed by atoms with Crippen LogP contribution in [0.25, 0.3) is 0 Å². The first-order chi connectivity index (χ1) is 12.0. The van der Waals surface area contributed by atoms with E-state index in [0.717, 1.165) is 19.3 Å². The SMILES string of the molecule is O=C(NC[C@H]1CCN(C(=O)c2cc(=O)cc[nH]2)C1)C1CCC2(CC2)C1. The smallest absolute Gasteiger partial charge is 0.270 e. The predicted octanol–water partition coefficient (Wildman–Crippen LogP) is 1.53. The number of pyridine rings is 1. The second kappa shape index (κ2) is 6.32. The summed E-state index contributed by atoms with van der Waals surface area (Å²) in [5, 5.41) is 3.11. The highest BCUT2D eigenvalue weighted by atomic mass is 16.2. The van der Waals surface area contributed by atoms with Gasteiger partial charge in [-0.2, -0.15) is 0 Å². The van der Waals surface area contributed by atoms with Gasteiger partial charge in [0, 0.05) is 43.9 Å². The van der Waals surface area contributed by atoms with E-state index in [1.807, 2.05) is 0 Å². The van der Waals surface area contributed by atoms with E-state index in [2.05, 4.69) is 10.3 Å². The lowest BCUT2D eigenvalue weighted by Gasteiger charge is -2.17. The first-order valence-electron chi connectivity index (χ1n) is 9.30. The van der Waals surface area contributed by atoms with E-state index in [9.17, 15) is 14.4 Å². The molecule has 25 heavy (non-hydrogen) atoms. The van der Waals surface area contributed by atoms with Crippen LogP contribution in [0.3, 0.4) is 0 Å². The Kier molecular flexibility index (Phi) is 4.13. The molecule has 1 spiro atoms. The van der Waals surface area contributed by atoms with Crippen LogP contribution in [-0.4, -0.2) is 41.3 Å². The van der Waals surface area contributed by atoms with Crippen LogP contribution in [0.15, 0.2) is 23.1 Å². The summed E-state index contributed by atoms with van der Waals surface area (Å²) in [6.07, 6.45) is 8.30. The van der Waals surface area contributed by atoms with Crippen molar-refractivity contribution >= 4 is 11.8 Å². The second-order valence-corrected chi connectivity index (χ2v) is 8.03. The molecular formula is C19H25N3O3. The topological polar surface area (TPSA) is 82.3 Å². The Bertz CT molecular complexity index is 737. The van der Waals surface area contributed by atoms with E-state index in [4.69, 9.17) is 0 Å². The van der Waals surface area contributed by atoms with E-state index in [1.165, 1.54) is 37.6 Å². The Balaban J connectivity index is 1.26. The van der Waals surface area contributed by atoms with Crippen LogP contribution in [0, 0.1) is 17.3 Å². The number of hydrogen-bond donors (Lipinski definition) is 2. The van der Waals surface area contributed by atoms with Crippen LogP contribution in [0.2, 0.25) is 0 Å².